The summed E-state index contributed by atoms with van der Waals surface area (Å²) in [6, 6.07) is 0.679. The molecule has 6 heteroatoms. The van der Waals surface area contributed by atoms with Crippen LogP contribution in [-0.2, 0) is 10.0 Å². The van der Waals surface area contributed by atoms with E-state index in [2.05, 4.69) is 5.32 Å². The monoisotopic (exact) mass is 193 g/mol. The Bertz CT molecular complexity index is 233. The maximum absolute atomic E-state index is 10.5. The Labute approximate surface area is 72.5 Å². The number of nitrogens with two attached hydrogens (primary N) is 2. The van der Waals surface area contributed by atoms with Crippen molar-refractivity contribution in [2.45, 2.75) is 24.9 Å². The standard InChI is InChI=1S/C6H15N3O2S/c7-5-3-6(4-5)9-1-2-12(8,10)11/h5-6,9H,1-4,7H2,(H2,8,10,11). The van der Waals surface area contributed by atoms with Crippen LogP contribution < -0.4 is 16.2 Å². The topological polar surface area (TPSA) is 98.2 Å². The zero-order chi connectivity index (χ0) is 9.19. The van der Waals surface area contributed by atoms with Crippen LogP contribution in [0.2, 0.25) is 0 Å². The minimum absolute atomic E-state index is 0.00125. The van der Waals surface area contributed by atoms with Crippen LogP contribution in [0.25, 0.3) is 0 Å². The van der Waals surface area contributed by atoms with Crippen molar-refractivity contribution in [3.63, 3.8) is 0 Å². The van der Waals surface area contributed by atoms with E-state index in [1.165, 1.54) is 0 Å². The third-order valence-corrected chi connectivity index (χ3v) is 2.77. The lowest BCUT2D eigenvalue weighted by Gasteiger charge is -2.33. The van der Waals surface area contributed by atoms with E-state index in [1.807, 2.05) is 0 Å². The summed E-state index contributed by atoms with van der Waals surface area (Å²) in [4.78, 5) is 0. The molecule has 0 heterocycles. The van der Waals surface area contributed by atoms with E-state index < -0.39 is 10.0 Å². The van der Waals surface area contributed by atoms with E-state index in [-0.39, 0.29) is 11.8 Å². The number of nitrogens with one attached hydrogen (secondary N) is 1. The molecular weight excluding hydrogens is 178 g/mol. The summed E-state index contributed by atoms with van der Waals surface area (Å²) in [6.07, 6.45) is 1.87. The Morgan fingerprint density at radius 2 is 2.00 bits per heavy atom. The van der Waals surface area contributed by atoms with Crippen molar-refractivity contribution in [1.82, 2.24) is 5.32 Å². The van der Waals surface area contributed by atoms with Crippen molar-refractivity contribution < 1.29 is 8.42 Å². The predicted octanol–water partition coefficient (Wildman–Crippen LogP) is -1.65. The van der Waals surface area contributed by atoms with E-state index in [0.29, 0.717) is 12.6 Å². The molecule has 0 saturated heterocycles. The molecule has 12 heavy (non-hydrogen) atoms. The van der Waals surface area contributed by atoms with Crippen molar-refractivity contribution in [1.29, 1.82) is 0 Å². The van der Waals surface area contributed by atoms with Crippen molar-refractivity contribution in [2.24, 2.45) is 10.9 Å². The van der Waals surface area contributed by atoms with Gasteiger partial charge in [0.15, 0.2) is 0 Å². The van der Waals surface area contributed by atoms with Gasteiger partial charge in [-0.25, -0.2) is 13.6 Å². The lowest BCUT2D eigenvalue weighted by atomic mass is 9.88. The van der Waals surface area contributed by atoms with Crippen LogP contribution in [0.15, 0.2) is 0 Å². The first-order valence-corrected chi connectivity index (χ1v) is 5.68. The van der Waals surface area contributed by atoms with Gasteiger partial charge in [0.2, 0.25) is 10.0 Å². The first kappa shape index (κ1) is 9.91. The Morgan fingerprint density at radius 1 is 1.42 bits per heavy atom. The second-order valence-corrected chi connectivity index (χ2v) is 4.98. The van der Waals surface area contributed by atoms with E-state index in [4.69, 9.17) is 10.9 Å². The Balaban J connectivity index is 2.04. The van der Waals surface area contributed by atoms with E-state index >= 15 is 0 Å². The minimum Gasteiger partial charge on any atom is -0.328 e. The summed E-state index contributed by atoms with van der Waals surface area (Å²) in [5.41, 5.74) is 5.54. The van der Waals surface area contributed by atoms with Gasteiger partial charge in [-0.05, 0) is 12.8 Å². The van der Waals surface area contributed by atoms with Gasteiger partial charge in [0.25, 0.3) is 0 Å². The third-order valence-electron chi connectivity index (χ3n) is 1.99. The number of hydrogen-bond donors (Lipinski definition) is 3. The van der Waals surface area contributed by atoms with Gasteiger partial charge < -0.3 is 11.1 Å². The normalized spacial score (nSPS) is 29.8. The van der Waals surface area contributed by atoms with Crippen LogP contribution in [0.5, 0.6) is 0 Å². The number of hydrogen-bond acceptors (Lipinski definition) is 4. The largest absolute Gasteiger partial charge is 0.328 e. The zero-order valence-electron chi connectivity index (χ0n) is 6.86. The molecular formula is C6H15N3O2S. The van der Waals surface area contributed by atoms with Crippen LogP contribution in [0.4, 0.5) is 0 Å². The molecule has 0 aromatic heterocycles. The lowest BCUT2D eigenvalue weighted by Crippen LogP contribution is -2.49. The lowest BCUT2D eigenvalue weighted by molar-refractivity contribution is 0.297. The molecule has 1 saturated carbocycles. The smallest absolute Gasteiger partial charge is 0.210 e. The Morgan fingerprint density at radius 3 is 2.42 bits per heavy atom. The van der Waals surface area contributed by atoms with Crippen molar-refractivity contribution in [3.8, 4) is 0 Å². The fourth-order valence-electron chi connectivity index (χ4n) is 1.23. The maximum atomic E-state index is 10.5. The summed E-state index contributed by atoms with van der Waals surface area (Å²) in [6.45, 7) is 0.427. The summed E-state index contributed by atoms with van der Waals surface area (Å²) >= 11 is 0. The van der Waals surface area contributed by atoms with Gasteiger partial charge in [-0.2, -0.15) is 0 Å². The highest BCUT2D eigenvalue weighted by atomic mass is 32.2. The van der Waals surface area contributed by atoms with Crippen LogP contribution in [0.1, 0.15) is 12.8 Å². The van der Waals surface area contributed by atoms with Gasteiger partial charge >= 0.3 is 0 Å². The molecule has 0 radical (unpaired) electrons. The fourth-order valence-corrected chi connectivity index (χ4v) is 1.64. The first-order valence-electron chi connectivity index (χ1n) is 3.97. The predicted molar refractivity (Wildman–Crippen MR) is 47.0 cm³/mol. The average molecular weight is 193 g/mol. The molecule has 0 spiro atoms. The Hall–Kier alpha value is -0.170. The number of sulfonamides is 1. The summed E-state index contributed by atoms with van der Waals surface area (Å²) in [5.74, 6) is -0.00125. The zero-order valence-corrected chi connectivity index (χ0v) is 7.68. The summed E-state index contributed by atoms with van der Waals surface area (Å²) in [5, 5.41) is 7.88. The summed E-state index contributed by atoms with van der Waals surface area (Å²) < 4.78 is 21.0. The fraction of sp³-hybridized carbons (Fsp3) is 1.00. The van der Waals surface area contributed by atoms with Gasteiger partial charge in [0.1, 0.15) is 0 Å². The highest BCUT2D eigenvalue weighted by Gasteiger charge is 2.24. The molecule has 1 rings (SSSR count). The molecule has 0 bridgehead atoms. The van der Waals surface area contributed by atoms with Gasteiger partial charge in [0, 0.05) is 18.6 Å². The molecule has 1 aliphatic carbocycles. The molecule has 72 valence electrons. The van der Waals surface area contributed by atoms with Gasteiger partial charge in [0.05, 0.1) is 5.75 Å². The molecule has 1 aliphatic rings. The van der Waals surface area contributed by atoms with E-state index in [9.17, 15) is 8.42 Å². The quantitative estimate of drug-likeness (QED) is 0.498. The second kappa shape index (κ2) is 3.69. The second-order valence-electron chi connectivity index (χ2n) is 3.25. The number of primary sulfonamides is 1. The third kappa shape index (κ3) is 3.48. The molecule has 0 amide bonds. The van der Waals surface area contributed by atoms with Crippen molar-refractivity contribution in [3.05, 3.63) is 0 Å². The maximum Gasteiger partial charge on any atom is 0.210 e. The van der Waals surface area contributed by atoms with Crippen LogP contribution >= 0.6 is 0 Å². The molecule has 0 aromatic carbocycles. The molecule has 1 fully saturated rings. The Kier molecular flexibility index (Phi) is 3.05. The van der Waals surface area contributed by atoms with Gasteiger partial charge in [-0.1, -0.05) is 0 Å². The van der Waals surface area contributed by atoms with E-state index in [0.717, 1.165) is 12.8 Å². The SMILES string of the molecule is NC1CC(NCCS(N)(=O)=O)C1. The minimum atomic E-state index is -3.31. The van der Waals surface area contributed by atoms with E-state index in [1.54, 1.807) is 0 Å². The molecule has 0 aromatic rings. The highest BCUT2D eigenvalue weighted by Crippen LogP contribution is 2.16. The molecule has 0 aliphatic heterocycles. The summed E-state index contributed by atoms with van der Waals surface area (Å²) in [7, 11) is -3.31. The highest BCUT2D eigenvalue weighted by molar-refractivity contribution is 7.89. The molecule has 5 N–H and O–H groups in total. The molecule has 5 nitrogen and oxygen atoms in total. The number of rotatable bonds is 4. The van der Waals surface area contributed by atoms with Gasteiger partial charge in [-0.3, -0.25) is 0 Å². The first-order chi connectivity index (χ1) is 5.47. The van der Waals surface area contributed by atoms with Gasteiger partial charge in [-0.15, -0.1) is 0 Å². The van der Waals surface area contributed by atoms with Crippen LogP contribution in [0, 0.1) is 0 Å². The van der Waals surface area contributed by atoms with Crippen molar-refractivity contribution in [2.75, 3.05) is 12.3 Å². The van der Waals surface area contributed by atoms with Crippen LogP contribution in [-0.4, -0.2) is 32.8 Å². The average Bonchev–Trinajstić information content (AvgIpc) is 1.81. The molecule has 0 atom stereocenters. The van der Waals surface area contributed by atoms with Crippen molar-refractivity contribution >= 4 is 10.0 Å². The molecule has 0 unspecified atom stereocenters. The van der Waals surface area contributed by atoms with Crippen LogP contribution in [0.3, 0.4) is 0 Å².